The van der Waals surface area contributed by atoms with E-state index in [0.717, 1.165) is 10.8 Å². The van der Waals surface area contributed by atoms with Gasteiger partial charge in [-0.1, -0.05) is 24.3 Å². The number of hydrogen-bond acceptors (Lipinski definition) is 3. The summed E-state index contributed by atoms with van der Waals surface area (Å²) >= 11 is 0. The van der Waals surface area contributed by atoms with Crippen LogP contribution in [0, 0.1) is 5.82 Å². The predicted octanol–water partition coefficient (Wildman–Crippen LogP) is 3.70. The number of nitrogen functional groups attached to an aromatic ring is 1. The van der Waals surface area contributed by atoms with Crippen molar-refractivity contribution >= 4 is 28.0 Å². The molecule has 4 heteroatoms. The molecular weight excluding hydrogens is 241 g/mol. The molecule has 0 amide bonds. The van der Waals surface area contributed by atoms with E-state index >= 15 is 0 Å². The fourth-order valence-electron chi connectivity index (χ4n) is 2.04. The van der Waals surface area contributed by atoms with Crippen molar-refractivity contribution in [3.63, 3.8) is 0 Å². The molecule has 3 aromatic rings. The molecule has 94 valence electrons. The summed E-state index contributed by atoms with van der Waals surface area (Å²) in [5, 5.41) is 4.76. The second-order valence-electron chi connectivity index (χ2n) is 4.21. The number of nitrogens with two attached hydrogens (primary N) is 1. The maximum Gasteiger partial charge on any atom is 0.146 e. The minimum Gasteiger partial charge on any atom is -0.398 e. The molecule has 0 bridgehead atoms. The molecule has 0 fully saturated rings. The molecule has 0 radical (unpaired) electrons. The van der Waals surface area contributed by atoms with Crippen LogP contribution in [0.2, 0.25) is 0 Å². The Kier molecular flexibility index (Phi) is 2.76. The average Bonchev–Trinajstić information content (AvgIpc) is 2.42. The van der Waals surface area contributed by atoms with Crippen LogP contribution >= 0.6 is 0 Å². The number of anilines is 3. The minimum absolute atomic E-state index is 0.323. The van der Waals surface area contributed by atoms with E-state index in [4.69, 9.17) is 5.73 Å². The smallest absolute Gasteiger partial charge is 0.146 e. The number of nitrogens with zero attached hydrogens (tertiary/aromatic N) is 1. The number of aromatic nitrogens is 1. The van der Waals surface area contributed by atoms with Gasteiger partial charge in [0.1, 0.15) is 11.6 Å². The zero-order valence-corrected chi connectivity index (χ0v) is 10.1. The Morgan fingerprint density at radius 3 is 2.68 bits per heavy atom. The number of benzene rings is 2. The number of nitrogens with one attached hydrogen (secondary N) is 1. The monoisotopic (exact) mass is 253 g/mol. The Bertz CT molecular complexity index is 735. The van der Waals surface area contributed by atoms with Crippen molar-refractivity contribution in [1.29, 1.82) is 0 Å². The first-order valence-corrected chi connectivity index (χ1v) is 5.90. The van der Waals surface area contributed by atoms with Gasteiger partial charge in [0, 0.05) is 17.3 Å². The third-order valence-electron chi connectivity index (χ3n) is 2.95. The number of halogens is 1. The SMILES string of the molecule is Nc1cccc2ccnc(Nc3ccccc3F)c12. The average molecular weight is 253 g/mol. The quantitative estimate of drug-likeness (QED) is 0.685. The van der Waals surface area contributed by atoms with Gasteiger partial charge in [-0.25, -0.2) is 9.37 Å². The summed E-state index contributed by atoms with van der Waals surface area (Å²) in [5.74, 6) is 0.233. The van der Waals surface area contributed by atoms with E-state index in [1.807, 2.05) is 18.2 Å². The molecule has 3 rings (SSSR count). The second kappa shape index (κ2) is 4.57. The molecule has 3 nitrogen and oxygen atoms in total. The normalized spacial score (nSPS) is 10.6. The van der Waals surface area contributed by atoms with Crippen LogP contribution in [0.4, 0.5) is 21.6 Å². The number of pyridine rings is 1. The molecule has 1 heterocycles. The van der Waals surface area contributed by atoms with E-state index in [1.54, 1.807) is 30.5 Å². The van der Waals surface area contributed by atoms with Crippen LogP contribution in [0.5, 0.6) is 0 Å². The molecule has 0 aliphatic carbocycles. The molecule has 0 unspecified atom stereocenters. The molecule has 2 aromatic carbocycles. The Morgan fingerprint density at radius 2 is 1.84 bits per heavy atom. The topological polar surface area (TPSA) is 50.9 Å². The zero-order chi connectivity index (χ0) is 13.2. The highest BCUT2D eigenvalue weighted by Gasteiger charge is 2.07. The van der Waals surface area contributed by atoms with E-state index in [1.165, 1.54) is 6.07 Å². The van der Waals surface area contributed by atoms with Crippen molar-refractivity contribution in [2.24, 2.45) is 0 Å². The van der Waals surface area contributed by atoms with Gasteiger partial charge in [0.2, 0.25) is 0 Å². The predicted molar refractivity (Wildman–Crippen MR) is 75.8 cm³/mol. The van der Waals surface area contributed by atoms with Crippen molar-refractivity contribution in [3.05, 3.63) is 60.5 Å². The molecular formula is C15H12FN3. The lowest BCUT2D eigenvalue weighted by atomic mass is 10.1. The summed E-state index contributed by atoms with van der Waals surface area (Å²) in [5.41, 5.74) is 6.97. The number of rotatable bonds is 2. The highest BCUT2D eigenvalue weighted by molar-refractivity contribution is 6.01. The molecule has 0 aliphatic heterocycles. The largest absolute Gasteiger partial charge is 0.398 e. The van der Waals surface area contributed by atoms with Crippen molar-refractivity contribution in [3.8, 4) is 0 Å². The summed E-state index contributed by atoms with van der Waals surface area (Å²) < 4.78 is 13.7. The van der Waals surface area contributed by atoms with Gasteiger partial charge < -0.3 is 11.1 Å². The molecule has 0 saturated heterocycles. The van der Waals surface area contributed by atoms with E-state index in [9.17, 15) is 4.39 Å². The molecule has 1 aromatic heterocycles. The Hall–Kier alpha value is -2.62. The Labute approximate surface area is 109 Å². The van der Waals surface area contributed by atoms with Crippen LogP contribution in [-0.4, -0.2) is 4.98 Å². The maximum absolute atomic E-state index is 13.7. The first kappa shape index (κ1) is 11.5. The number of hydrogen-bond donors (Lipinski definition) is 2. The van der Waals surface area contributed by atoms with Gasteiger partial charge in [-0.15, -0.1) is 0 Å². The van der Waals surface area contributed by atoms with E-state index in [-0.39, 0.29) is 5.82 Å². The number of fused-ring (bicyclic) bond motifs is 1. The fourth-order valence-corrected chi connectivity index (χ4v) is 2.04. The van der Waals surface area contributed by atoms with Gasteiger partial charge in [0.05, 0.1) is 5.69 Å². The van der Waals surface area contributed by atoms with Gasteiger partial charge in [0.25, 0.3) is 0 Å². The van der Waals surface area contributed by atoms with Gasteiger partial charge in [0.15, 0.2) is 0 Å². The lowest BCUT2D eigenvalue weighted by molar-refractivity contribution is 0.632. The van der Waals surface area contributed by atoms with E-state index in [0.29, 0.717) is 17.2 Å². The van der Waals surface area contributed by atoms with E-state index < -0.39 is 0 Å². The maximum atomic E-state index is 13.7. The first-order chi connectivity index (χ1) is 9.25. The number of para-hydroxylation sites is 1. The standard InChI is InChI=1S/C15H12FN3/c16-11-5-1-2-7-13(11)19-15-14-10(8-9-18-15)4-3-6-12(14)17/h1-9H,17H2,(H,18,19). The summed E-state index contributed by atoms with van der Waals surface area (Å²) in [6.07, 6.45) is 1.67. The molecule has 0 saturated carbocycles. The third kappa shape index (κ3) is 2.08. The highest BCUT2D eigenvalue weighted by Crippen LogP contribution is 2.29. The molecule has 0 aliphatic rings. The summed E-state index contributed by atoms with van der Waals surface area (Å²) in [6.45, 7) is 0. The van der Waals surface area contributed by atoms with Gasteiger partial charge in [-0.05, 0) is 29.7 Å². The second-order valence-corrected chi connectivity index (χ2v) is 4.21. The van der Waals surface area contributed by atoms with Crippen LogP contribution in [0.3, 0.4) is 0 Å². The Balaban J connectivity index is 2.14. The summed E-state index contributed by atoms with van der Waals surface area (Å²) in [7, 11) is 0. The van der Waals surface area contributed by atoms with Gasteiger partial charge >= 0.3 is 0 Å². The minimum atomic E-state index is -0.323. The summed E-state index contributed by atoms with van der Waals surface area (Å²) in [6, 6.07) is 14.0. The van der Waals surface area contributed by atoms with Crippen LogP contribution in [0.25, 0.3) is 10.8 Å². The molecule has 0 spiro atoms. The molecule has 3 N–H and O–H groups in total. The van der Waals surface area contributed by atoms with Crippen LogP contribution < -0.4 is 11.1 Å². The summed E-state index contributed by atoms with van der Waals surface area (Å²) in [4.78, 5) is 4.25. The fraction of sp³-hybridized carbons (Fsp3) is 0. The first-order valence-electron chi connectivity index (χ1n) is 5.90. The highest BCUT2D eigenvalue weighted by atomic mass is 19.1. The van der Waals surface area contributed by atoms with Crippen molar-refractivity contribution in [2.75, 3.05) is 11.1 Å². The van der Waals surface area contributed by atoms with Gasteiger partial charge in [-0.2, -0.15) is 0 Å². The van der Waals surface area contributed by atoms with E-state index in [2.05, 4.69) is 10.3 Å². The third-order valence-corrected chi connectivity index (χ3v) is 2.95. The molecule has 0 atom stereocenters. The Morgan fingerprint density at radius 1 is 1.00 bits per heavy atom. The lowest BCUT2D eigenvalue weighted by Gasteiger charge is -2.10. The molecule has 19 heavy (non-hydrogen) atoms. The van der Waals surface area contributed by atoms with Crippen LogP contribution in [0.1, 0.15) is 0 Å². The zero-order valence-electron chi connectivity index (χ0n) is 10.1. The van der Waals surface area contributed by atoms with Crippen LogP contribution in [0.15, 0.2) is 54.7 Å². The van der Waals surface area contributed by atoms with Crippen molar-refractivity contribution in [1.82, 2.24) is 4.98 Å². The van der Waals surface area contributed by atoms with Crippen molar-refractivity contribution in [2.45, 2.75) is 0 Å². The lowest BCUT2D eigenvalue weighted by Crippen LogP contribution is -1.98. The van der Waals surface area contributed by atoms with Crippen LogP contribution in [-0.2, 0) is 0 Å². The van der Waals surface area contributed by atoms with Gasteiger partial charge in [-0.3, -0.25) is 0 Å². The van der Waals surface area contributed by atoms with Crippen molar-refractivity contribution < 1.29 is 4.39 Å².